The van der Waals surface area contributed by atoms with Gasteiger partial charge in [0.05, 0.1) is 0 Å². The molecule has 21 heavy (non-hydrogen) atoms. The van der Waals surface area contributed by atoms with Gasteiger partial charge >= 0.3 is 0 Å². The molecule has 0 aliphatic carbocycles. The molecule has 0 spiro atoms. The minimum Gasteiger partial charge on any atom is -0.484 e. The van der Waals surface area contributed by atoms with Crippen molar-refractivity contribution in [3.8, 4) is 5.75 Å². The van der Waals surface area contributed by atoms with Gasteiger partial charge in [0.15, 0.2) is 6.61 Å². The van der Waals surface area contributed by atoms with Gasteiger partial charge in [0.2, 0.25) is 0 Å². The van der Waals surface area contributed by atoms with Crippen molar-refractivity contribution in [2.24, 2.45) is 0 Å². The Morgan fingerprint density at radius 2 is 1.76 bits per heavy atom. The van der Waals surface area contributed by atoms with Crippen molar-refractivity contribution >= 4 is 45.8 Å². The SMILES string of the molecule is Cc1cc(I)cc(C)c1NC(=O)COc1ccc(Cl)cc1. The van der Waals surface area contributed by atoms with Crippen LogP contribution in [0.4, 0.5) is 5.69 Å². The average molecular weight is 416 g/mol. The molecule has 0 atom stereocenters. The van der Waals surface area contributed by atoms with Crippen LogP contribution < -0.4 is 10.1 Å². The number of hydrogen-bond donors (Lipinski definition) is 1. The second-order valence-electron chi connectivity index (χ2n) is 4.71. The molecular formula is C16H15ClINO2. The van der Waals surface area contributed by atoms with Gasteiger partial charge in [-0.25, -0.2) is 0 Å². The molecule has 0 unspecified atom stereocenters. The highest BCUT2D eigenvalue weighted by atomic mass is 127. The van der Waals surface area contributed by atoms with E-state index in [1.807, 2.05) is 26.0 Å². The smallest absolute Gasteiger partial charge is 0.262 e. The molecule has 1 N–H and O–H groups in total. The van der Waals surface area contributed by atoms with Gasteiger partial charge < -0.3 is 10.1 Å². The molecule has 0 heterocycles. The summed E-state index contributed by atoms with van der Waals surface area (Å²) in [5.74, 6) is 0.433. The normalized spacial score (nSPS) is 10.3. The van der Waals surface area contributed by atoms with E-state index in [4.69, 9.17) is 16.3 Å². The number of rotatable bonds is 4. The van der Waals surface area contributed by atoms with Crippen molar-refractivity contribution in [1.82, 2.24) is 0 Å². The summed E-state index contributed by atoms with van der Waals surface area (Å²) in [5.41, 5.74) is 2.93. The first-order chi connectivity index (χ1) is 9.95. The Morgan fingerprint density at radius 1 is 1.19 bits per heavy atom. The average Bonchev–Trinajstić information content (AvgIpc) is 2.42. The van der Waals surface area contributed by atoms with Crippen LogP contribution in [0.25, 0.3) is 0 Å². The highest BCUT2D eigenvalue weighted by Crippen LogP contribution is 2.23. The Kier molecular flexibility index (Phi) is 5.47. The third-order valence-electron chi connectivity index (χ3n) is 2.95. The number of amides is 1. The molecule has 0 radical (unpaired) electrons. The molecular weight excluding hydrogens is 401 g/mol. The number of carbonyl (C=O) groups excluding carboxylic acids is 1. The molecule has 0 aromatic heterocycles. The van der Waals surface area contributed by atoms with Crippen LogP contribution in [-0.2, 0) is 4.79 Å². The quantitative estimate of drug-likeness (QED) is 0.743. The Bertz CT molecular complexity index is 633. The van der Waals surface area contributed by atoms with Crippen LogP contribution in [0.15, 0.2) is 36.4 Å². The largest absolute Gasteiger partial charge is 0.484 e. The number of carbonyl (C=O) groups is 1. The van der Waals surface area contributed by atoms with Crippen LogP contribution >= 0.6 is 34.2 Å². The molecule has 5 heteroatoms. The lowest BCUT2D eigenvalue weighted by Crippen LogP contribution is -2.21. The molecule has 0 bridgehead atoms. The molecule has 0 aliphatic heterocycles. The van der Waals surface area contributed by atoms with Crippen LogP contribution in [-0.4, -0.2) is 12.5 Å². The van der Waals surface area contributed by atoms with E-state index in [1.54, 1.807) is 24.3 Å². The molecule has 0 fully saturated rings. The summed E-state index contributed by atoms with van der Waals surface area (Å²) in [6.07, 6.45) is 0. The van der Waals surface area contributed by atoms with E-state index in [9.17, 15) is 4.79 Å². The fraction of sp³-hybridized carbons (Fsp3) is 0.188. The van der Waals surface area contributed by atoms with Crippen LogP contribution in [0.2, 0.25) is 5.02 Å². The Labute approximate surface area is 142 Å². The van der Waals surface area contributed by atoms with Gasteiger partial charge in [0, 0.05) is 14.3 Å². The first-order valence-corrected chi connectivity index (χ1v) is 7.86. The number of aryl methyl sites for hydroxylation is 2. The fourth-order valence-corrected chi connectivity index (χ4v) is 3.02. The molecule has 0 saturated heterocycles. The number of hydrogen-bond acceptors (Lipinski definition) is 2. The van der Waals surface area contributed by atoms with Crippen molar-refractivity contribution in [3.63, 3.8) is 0 Å². The molecule has 1 amide bonds. The fourth-order valence-electron chi connectivity index (χ4n) is 1.96. The van der Waals surface area contributed by atoms with Gasteiger partial charge in [-0.1, -0.05) is 11.6 Å². The molecule has 3 nitrogen and oxygen atoms in total. The number of ether oxygens (including phenoxy) is 1. The highest BCUT2D eigenvalue weighted by Gasteiger charge is 2.09. The van der Waals surface area contributed by atoms with Crippen LogP contribution in [0.3, 0.4) is 0 Å². The monoisotopic (exact) mass is 415 g/mol. The van der Waals surface area contributed by atoms with E-state index in [1.165, 1.54) is 0 Å². The van der Waals surface area contributed by atoms with E-state index >= 15 is 0 Å². The summed E-state index contributed by atoms with van der Waals surface area (Å²) in [7, 11) is 0. The summed E-state index contributed by atoms with van der Waals surface area (Å²) in [4.78, 5) is 12.0. The van der Waals surface area contributed by atoms with Gasteiger partial charge in [0.25, 0.3) is 5.91 Å². The lowest BCUT2D eigenvalue weighted by molar-refractivity contribution is -0.118. The van der Waals surface area contributed by atoms with Crippen molar-refractivity contribution in [2.75, 3.05) is 11.9 Å². The summed E-state index contributed by atoms with van der Waals surface area (Å²) in [6.45, 7) is 3.92. The van der Waals surface area contributed by atoms with Crippen molar-refractivity contribution in [1.29, 1.82) is 0 Å². The minimum absolute atomic E-state index is 0.0352. The van der Waals surface area contributed by atoms with E-state index in [0.717, 1.165) is 20.4 Å². The summed E-state index contributed by atoms with van der Waals surface area (Å²) in [6, 6.07) is 11.0. The number of anilines is 1. The van der Waals surface area contributed by atoms with E-state index in [0.29, 0.717) is 10.8 Å². The maximum atomic E-state index is 12.0. The molecule has 2 aromatic carbocycles. The zero-order valence-corrected chi connectivity index (χ0v) is 14.7. The third kappa shape index (κ3) is 4.61. The van der Waals surface area contributed by atoms with Gasteiger partial charge in [-0.2, -0.15) is 0 Å². The molecule has 2 rings (SSSR count). The van der Waals surface area contributed by atoms with Gasteiger partial charge in [-0.05, 0) is 84.0 Å². The van der Waals surface area contributed by atoms with Crippen molar-refractivity contribution < 1.29 is 9.53 Å². The third-order valence-corrected chi connectivity index (χ3v) is 3.82. The second kappa shape index (κ2) is 7.13. The highest BCUT2D eigenvalue weighted by molar-refractivity contribution is 14.1. The van der Waals surface area contributed by atoms with Crippen LogP contribution in [0.5, 0.6) is 5.75 Å². The zero-order valence-electron chi connectivity index (χ0n) is 11.7. The first-order valence-electron chi connectivity index (χ1n) is 6.40. The van der Waals surface area contributed by atoms with Crippen molar-refractivity contribution in [3.05, 3.63) is 56.1 Å². The lowest BCUT2D eigenvalue weighted by atomic mass is 10.1. The number of halogens is 2. The Balaban J connectivity index is 1.97. The second-order valence-corrected chi connectivity index (χ2v) is 6.39. The first kappa shape index (κ1) is 16.1. The van der Waals surface area contributed by atoms with Crippen LogP contribution in [0, 0.1) is 17.4 Å². The van der Waals surface area contributed by atoms with Gasteiger partial charge in [-0.15, -0.1) is 0 Å². The maximum Gasteiger partial charge on any atom is 0.262 e. The van der Waals surface area contributed by atoms with Gasteiger partial charge in [-0.3, -0.25) is 4.79 Å². The summed E-state index contributed by atoms with van der Waals surface area (Å²) < 4.78 is 6.58. The molecule has 0 aliphatic rings. The minimum atomic E-state index is -0.183. The summed E-state index contributed by atoms with van der Waals surface area (Å²) in [5, 5.41) is 3.53. The molecule has 2 aromatic rings. The predicted octanol–water partition coefficient (Wildman–Crippen LogP) is 4.58. The topological polar surface area (TPSA) is 38.3 Å². The molecule has 0 saturated carbocycles. The van der Waals surface area contributed by atoms with Gasteiger partial charge in [0.1, 0.15) is 5.75 Å². The number of nitrogens with one attached hydrogen (secondary N) is 1. The van der Waals surface area contributed by atoms with Crippen LogP contribution in [0.1, 0.15) is 11.1 Å². The molecule has 110 valence electrons. The Morgan fingerprint density at radius 3 is 2.33 bits per heavy atom. The van der Waals surface area contributed by atoms with E-state index < -0.39 is 0 Å². The maximum absolute atomic E-state index is 12.0. The predicted molar refractivity (Wildman–Crippen MR) is 94.2 cm³/mol. The van der Waals surface area contributed by atoms with E-state index in [2.05, 4.69) is 27.9 Å². The Hall–Kier alpha value is -1.27. The van der Waals surface area contributed by atoms with Crippen molar-refractivity contribution in [2.45, 2.75) is 13.8 Å². The zero-order chi connectivity index (χ0) is 15.4. The number of benzene rings is 2. The standard InChI is InChI=1S/C16H15ClINO2/c1-10-7-13(18)8-11(2)16(10)19-15(20)9-21-14-5-3-12(17)4-6-14/h3-8H,9H2,1-2H3,(H,19,20). The summed E-state index contributed by atoms with van der Waals surface area (Å²) >= 11 is 8.05. The van der Waals surface area contributed by atoms with E-state index in [-0.39, 0.29) is 12.5 Å². The lowest BCUT2D eigenvalue weighted by Gasteiger charge is -2.13.